The summed E-state index contributed by atoms with van der Waals surface area (Å²) in [6.45, 7) is 15.6. The van der Waals surface area contributed by atoms with Crippen LogP contribution in [0, 0.1) is 10.8 Å². The van der Waals surface area contributed by atoms with Crippen LogP contribution in [0.1, 0.15) is 74.7 Å². The van der Waals surface area contributed by atoms with E-state index in [0.29, 0.717) is 0 Å². The lowest BCUT2D eigenvalue weighted by atomic mass is 9.72. The summed E-state index contributed by atoms with van der Waals surface area (Å²) in [6.07, 6.45) is 15.2. The Morgan fingerprint density at radius 2 is 1.73 bits per heavy atom. The van der Waals surface area contributed by atoms with Crippen LogP contribution < -0.4 is 0 Å². The molecule has 0 unspecified atom stereocenters. The molecule has 4 nitrogen and oxygen atoms in total. The van der Waals surface area contributed by atoms with Gasteiger partial charge in [0.2, 0.25) is 6.79 Å². The second-order valence-electron chi connectivity index (χ2n) is 9.69. The van der Waals surface area contributed by atoms with Gasteiger partial charge in [0, 0.05) is 6.08 Å². The lowest BCUT2D eigenvalue weighted by Gasteiger charge is -2.32. The van der Waals surface area contributed by atoms with Crippen LogP contribution in [0.15, 0.2) is 58.7 Å². The van der Waals surface area contributed by atoms with E-state index in [1.54, 1.807) is 20.8 Å². The molecule has 0 N–H and O–H groups in total. The molecule has 0 bridgehead atoms. The van der Waals surface area contributed by atoms with Gasteiger partial charge in [-0.05, 0) is 77.4 Å². The van der Waals surface area contributed by atoms with E-state index in [-0.39, 0.29) is 12.2 Å². The number of allylic oxidation sites excluding steroid dienone is 9. The summed E-state index contributed by atoms with van der Waals surface area (Å²) in [7, 11) is 0. The van der Waals surface area contributed by atoms with E-state index in [1.165, 1.54) is 36.5 Å². The normalized spacial score (nSPS) is 18.3. The van der Waals surface area contributed by atoms with Crippen LogP contribution in [0.2, 0.25) is 0 Å². The standard InChI is InChI=1S/C26H38O4/c1-19(14-15-22-21(3)13-10-16-26(22,7)8)11-9-12-20(2)17-23(27)29-18-30-24(28)25(4,5)6/h9,11-12,14-15,17H,10,13,16,18H2,1-8H3/b12-9?,15-14?,19-11-,20-17?. The fraction of sp³-hybridized carbons (Fsp3) is 0.538. The van der Waals surface area contributed by atoms with Gasteiger partial charge >= 0.3 is 11.9 Å². The van der Waals surface area contributed by atoms with Crippen molar-refractivity contribution in [2.75, 3.05) is 6.79 Å². The predicted molar refractivity (Wildman–Crippen MR) is 123 cm³/mol. The van der Waals surface area contributed by atoms with Crippen LogP contribution >= 0.6 is 0 Å². The number of ether oxygens (including phenoxy) is 2. The quantitative estimate of drug-likeness (QED) is 0.204. The molecule has 0 saturated carbocycles. The first-order valence-electron chi connectivity index (χ1n) is 10.6. The summed E-state index contributed by atoms with van der Waals surface area (Å²) >= 11 is 0. The molecule has 0 atom stereocenters. The highest BCUT2D eigenvalue weighted by atomic mass is 16.7. The van der Waals surface area contributed by atoms with Gasteiger partial charge in [-0.2, -0.15) is 0 Å². The third kappa shape index (κ3) is 8.98. The van der Waals surface area contributed by atoms with Crippen LogP contribution in [0.5, 0.6) is 0 Å². The first-order valence-corrected chi connectivity index (χ1v) is 10.6. The van der Waals surface area contributed by atoms with Gasteiger partial charge in [0.25, 0.3) is 0 Å². The second-order valence-corrected chi connectivity index (χ2v) is 9.69. The van der Waals surface area contributed by atoms with E-state index in [1.807, 2.05) is 25.2 Å². The number of rotatable bonds is 7. The highest BCUT2D eigenvalue weighted by molar-refractivity contribution is 5.83. The van der Waals surface area contributed by atoms with Gasteiger partial charge in [-0.15, -0.1) is 0 Å². The van der Waals surface area contributed by atoms with E-state index >= 15 is 0 Å². The van der Waals surface area contributed by atoms with Crippen molar-refractivity contribution >= 4 is 11.9 Å². The molecule has 0 radical (unpaired) electrons. The maximum Gasteiger partial charge on any atom is 0.333 e. The molecule has 0 aromatic carbocycles. The Morgan fingerprint density at radius 1 is 1.07 bits per heavy atom. The molecule has 0 amide bonds. The predicted octanol–water partition coefficient (Wildman–Crippen LogP) is 6.61. The summed E-state index contributed by atoms with van der Waals surface area (Å²) in [5.41, 5.74) is 4.42. The Bertz CT molecular complexity index is 780. The van der Waals surface area contributed by atoms with Gasteiger partial charge in [0.05, 0.1) is 5.41 Å². The van der Waals surface area contributed by atoms with Crippen molar-refractivity contribution in [3.8, 4) is 0 Å². The van der Waals surface area contributed by atoms with Crippen LogP contribution in [-0.2, 0) is 19.1 Å². The summed E-state index contributed by atoms with van der Waals surface area (Å²) < 4.78 is 9.84. The average Bonchev–Trinajstić information content (AvgIpc) is 2.59. The zero-order chi connectivity index (χ0) is 22.9. The zero-order valence-electron chi connectivity index (χ0n) is 19.9. The van der Waals surface area contributed by atoms with Crippen molar-refractivity contribution in [2.45, 2.75) is 74.7 Å². The SMILES string of the molecule is CC(C=C/C=C(/C)C=CC1=C(C)CCCC1(C)C)=CC(=O)OCOC(=O)C(C)(C)C. The molecular formula is C26H38O4. The minimum atomic E-state index is -0.623. The summed E-state index contributed by atoms with van der Waals surface area (Å²) in [6, 6.07) is 0. The van der Waals surface area contributed by atoms with Gasteiger partial charge in [-0.25, -0.2) is 4.79 Å². The number of hydrogen-bond donors (Lipinski definition) is 0. The average molecular weight is 415 g/mol. The molecule has 0 fully saturated rings. The molecule has 0 heterocycles. The number of carbonyl (C=O) groups is 2. The van der Waals surface area contributed by atoms with Crippen molar-refractivity contribution in [3.63, 3.8) is 0 Å². The third-order valence-corrected chi connectivity index (χ3v) is 5.12. The number of esters is 2. The Balaban J connectivity index is 2.59. The van der Waals surface area contributed by atoms with Crippen LogP contribution in [0.25, 0.3) is 0 Å². The van der Waals surface area contributed by atoms with E-state index in [4.69, 9.17) is 9.47 Å². The molecule has 166 valence electrons. The van der Waals surface area contributed by atoms with Crippen molar-refractivity contribution in [3.05, 3.63) is 58.7 Å². The van der Waals surface area contributed by atoms with Crippen molar-refractivity contribution in [1.29, 1.82) is 0 Å². The summed E-state index contributed by atoms with van der Waals surface area (Å²) in [5.74, 6) is -0.950. The maximum atomic E-state index is 11.8. The first kappa shape index (κ1) is 25.7. The highest BCUT2D eigenvalue weighted by Crippen LogP contribution is 2.40. The molecule has 0 aromatic rings. The summed E-state index contributed by atoms with van der Waals surface area (Å²) in [5, 5.41) is 0. The Morgan fingerprint density at radius 3 is 2.33 bits per heavy atom. The van der Waals surface area contributed by atoms with Gasteiger partial charge in [-0.1, -0.05) is 55.4 Å². The molecule has 1 rings (SSSR count). The van der Waals surface area contributed by atoms with Crippen molar-refractivity contribution in [1.82, 2.24) is 0 Å². The maximum absolute atomic E-state index is 11.8. The Kier molecular flexibility index (Phi) is 9.54. The largest absolute Gasteiger partial charge is 0.427 e. The second kappa shape index (κ2) is 11.1. The van der Waals surface area contributed by atoms with Crippen LogP contribution in [0.4, 0.5) is 0 Å². The van der Waals surface area contributed by atoms with Gasteiger partial charge in [0.1, 0.15) is 0 Å². The highest BCUT2D eigenvalue weighted by Gasteiger charge is 2.26. The van der Waals surface area contributed by atoms with Crippen molar-refractivity contribution < 1.29 is 19.1 Å². The lowest BCUT2D eigenvalue weighted by Crippen LogP contribution is -2.24. The van der Waals surface area contributed by atoms with Gasteiger partial charge in [-0.3, -0.25) is 4.79 Å². The first-order chi connectivity index (χ1) is 13.8. The van der Waals surface area contributed by atoms with Crippen molar-refractivity contribution in [2.24, 2.45) is 10.8 Å². The van der Waals surface area contributed by atoms with Crippen LogP contribution in [-0.4, -0.2) is 18.7 Å². The zero-order valence-corrected chi connectivity index (χ0v) is 19.9. The smallest absolute Gasteiger partial charge is 0.333 e. The molecule has 1 aliphatic carbocycles. The molecule has 0 saturated heterocycles. The lowest BCUT2D eigenvalue weighted by molar-refractivity contribution is -0.170. The fourth-order valence-corrected chi connectivity index (χ4v) is 3.27. The van der Waals surface area contributed by atoms with E-state index in [0.717, 1.165) is 11.1 Å². The monoisotopic (exact) mass is 414 g/mol. The molecule has 4 heteroatoms. The van der Waals surface area contributed by atoms with E-state index in [2.05, 4.69) is 39.8 Å². The Hall–Kier alpha value is -2.36. The fourth-order valence-electron chi connectivity index (χ4n) is 3.27. The number of hydrogen-bond acceptors (Lipinski definition) is 4. The molecule has 0 aromatic heterocycles. The molecule has 1 aliphatic rings. The van der Waals surface area contributed by atoms with E-state index in [9.17, 15) is 9.59 Å². The molecule has 30 heavy (non-hydrogen) atoms. The summed E-state index contributed by atoms with van der Waals surface area (Å²) in [4.78, 5) is 23.4. The number of carbonyl (C=O) groups excluding carboxylic acids is 2. The third-order valence-electron chi connectivity index (χ3n) is 5.12. The Labute approximate surface area is 182 Å². The van der Waals surface area contributed by atoms with E-state index < -0.39 is 17.4 Å². The van der Waals surface area contributed by atoms with Crippen LogP contribution in [0.3, 0.4) is 0 Å². The molecular weight excluding hydrogens is 376 g/mol. The molecule has 0 aliphatic heterocycles. The molecule has 0 spiro atoms. The van der Waals surface area contributed by atoms with Gasteiger partial charge in [0.15, 0.2) is 0 Å². The topological polar surface area (TPSA) is 52.6 Å². The van der Waals surface area contributed by atoms with Gasteiger partial charge < -0.3 is 9.47 Å². The minimum Gasteiger partial charge on any atom is -0.427 e. The minimum absolute atomic E-state index is 0.232.